The Morgan fingerprint density at radius 3 is 2.49 bits per heavy atom. The molecule has 1 aliphatic carbocycles. The fourth-order valence-corrected chi connectivity index (χ4v) is 7.25. The predicted molar refractivity (Wildman–Crippen MR) is 147 cm³/mol. The van der Waals surface area contributed by atoms with Gasteiger partial charge in [0.05, 0.1) is 11.7 Å². The van der Waals surface area contributed by atoms with E-state index in [0.29, 0.717) is 32.5 Å². The number of nitrogens with zero attached hydrogens (tertiary/aromatic N) is 3. The van der Waals surface area contributed by atoms with Crippen LogP contribution in [0.2, 0.25) is 5.02 Å². The summed E-state index contributed by atoms with van der Waals surface area (Å²) in [5, 5.41) is 9.12. The zero-order valence-corrected chi connectivity index (χ0v) is 23.9. The largest absolute Gasteiger partial charge is 0.356 e. The van der Waals surface area contributed by atoms with Gasteiger partial charge in [-0.25, -0.2) is 5.14 Å². The zero-order chi connectivity index (χ0) is 26.2. The molecule has 1 aromatic carbocycles. The van der Waals surface area contributed by atoms with E-state index in [4.69, 9.17) is 21.7 Å². The lowest BCUT2D eigenvalue weighted by molar-refractivity contribution is -0.126. The summed E-state index contributed by atoms with van der Waals surface area (Å²) in [5.41, 5.74) is 4.87. The second kappa shape index (κ2) is 11.3. The number of benzene rings is 1. The molecule has 3 heterocycles. The highest BCUT2D eigenvalue weighted by atomic mass is 79.9. The number of carbonyl (C=O) groups is 1. The lowest BCUT2D eigenvalue weighted by Crippen LogP contribution is -2.46. The highest BCUT2D eigenvalue weighted by Crippen LogP contribution is 2.39. The molecule has 3 aliphatic rings. The second-order valence-corrected chi connectivity index (χ2v) is 13.3. The van der Waals surface area contributed by atoms with E-state index in [2.05, 4.69) is 44.3 Å². The minimum Gasteiger partial charge on any atom is -0.356 e. The lowest BCUT2D eigenvalue weighted by Gasteiger charge is -2.38. The number of nitrogens with one attached hydrogen (secondary N) is 1. The van der Waals surface area contributed by atoms with Crippen LogP contribution in [-0.2, 0) is 27.8 Å². The maximum Gasteiger partial charge on any atom is 0.276 e. The van der Waals surface area contributed by atoms with E-state index in [0.717, 1.165) is 54.0 Å². The minimum absolute atomic E-state index is 0.0198. The first-order valence-electron chi connectivity index (χ1n) is 12.9. The molecule has 1 atom stereocenters. The topological polar surface area (TPSA) is 109 Å². The number of fused-ring (bicyclic) bond motifs is 2. The Labute approximate surface area is 232 Å². The molecule has 5 rings (SSSR count). The summed E-state index contributed by atoms with van der Waals surface area (Å²) in [6.07, 6.45) is 6.72. The van der Waals surface area contributed by atoms with E-state index in [1.807, 2.05) is 12.3 Å². The van der Waals surface area contributed by atoms with Crippen LogP contribution in [0.25, 0.3) is 0 Å². The van der Waals surface area contributed by atoms with Crippen LogP contribution in [-0.4, -0.2) is 61.2 Å². The zero-order valence-electron chi connectivity index (χ0n) is 20.7. The van der Waals surface area contributed by atoms with Crippen LogP contribution in [0, 0.1) is 11.8 Å². The van der Waals surface area contributed by atoms with E-state index < -0.39 is 10.2 Å². The summed E-state index contributed by atoms with van der Waals surface area (Å²) in [5.74, 6) is 0.357. The fraction of sp³-hybridized carbons (Fsp3) is 0.538. The lowest BCUT2D eigenvalue weighted by atomic mass is 9.90. The number of pyridine rings is 1. The van der Waals surface area contributed by atoms with Gasteiger partial charge in [0.25, 0.3) is 10.2 Å². The molecular weight excluding hydrogens is 578 g/mol. The standard InChI is InChI=1S/C26H33BrClN5O3S/c27-21-13-20-2-1-19-14-22(28)3-4-23(19)25(24(20)30-16-21)32-9-7-18(8-10-32)26(34)31-15-17-5-11-33(12-6-17)37(29,35)36/h3-4,13-14,16-18,25H,1-2,5-12,15H2,(H,31,34)(H2,29,35,36). The van der Waals surface area contributed by atoms with Gasteiger partial charge in [0.15, 0.2) is 0 Å². The SMILES string of the molecule is NS(=O)(=O)N1CCC(CNC(=O)C2CCN(C3c4ccc(Cl)cc4CCc4cc(Br)cnc43)CC2)CC1. The van der Waals surface area contributed by atoms with Crippen molar-refractivity contribution in [3.05, 3.63) is 62.3 Å². The van der Waals surface area contributed by atoms with Crippen molar-refractivity contribution in [2.45, 2.75) is 44.6 Å². The first-order chi connectivity index (χ1) is 17.7. The van der Waals surface area contributed by atoms with Gasteiger partial charge in [-0.2, -0.15) is 12.7 Å². The molecule has 1 aromatic heterocycles. The molecule has 200 valence electrons. The van der Waals surface area contributed by atoms with Crippen LogP contribution in [0.1, 0.15) is 54.1 Å². The highest BCUT2D eigenvalue weighted by molar-refractivity contribution is 9.10. The number of piperidine rings is 2. The molecular formula is C26H33BrClN5O3S. The van der Waals surface area contributed by atoms with Crippen molar-refractivity contribution in [1.82, 2.24) is 19.5 Å². The van der Waals surface area contributed by atoms with E-state index in [1.54, 1.807) is 0 Å². The Hall–Kier alpha value is -1.56. The molecule has 37 heavy (non-hydrogen) atoms. The average Bonchev–Trinajstić information content (AvgIpc) is 3.03. The van der Waals surface area contributed by atoms with Crippen LogP contribution >= 0.6 is 27.5 Å². The van der Waals surface area contributed by atoms with Crippen LogP contribution in [0.15, 0.2) is 34.9 Å². The Bertz CT molecular complexity index is 1210. The molecule has 1 amide bonds. The Balaban J connectivity index is 1.22. The summed E-state index contributed by atoms with van der Waals surface area (Å²) in [6.45, 7) is 3.04. The molecule has 0 spiro atoms. The molecule has 2 aromatic rings. The molecule has 2 saturated heterocycles. The molecule has 2 fully saturated rings. The number of hydrogen-bond donors (Lipinski definition) is 2. The predicted octanol–water partition coefficient (Wildman–Crippen LogP) is 3.43. The minimum atomic E-state index is -3.63. The van der Waals surface area contributed by atoms with E-state index in [1.165, 1.54) is 21.0 Å². The van der Waals surface area contributed by atoms with Crippen molar-refractivity contribution in [3.8, 4) is 0 Å². The van der Waals surface area contributed by atoms with Gasteiger partial charge in [0.1, 0.15) is 0 Å². The summed E-state index contributed by atoms with van der Waals surface area (Å²) in [6, 6.07) is 8.41. The molecule has 3 N–H and O–H groups in total. The van der Waals surface area contributed by atoms with Crippen LogP contribution < -0.4 is 10.5 Å². The summed E-state index contributed by atoms with van der Waals surface area (Å²) in [7, 11) is -3.63. The molecule has 1 unspecified atom stereocenters. The smallest absolute Gasteiger partial charge is 0.276 e. The maximum atomic E-state index is 13.0. The van der Waals surface area contributed by atoms with Crippen molar-refractivity contribution in [3.63, 3.8) is 0 Å². The first kappa shape index (κ1) is 27.0. The van der Waals surface area contributed by atoms with Crippen molar-refractivity contribution >= 4 is 43.6 Å². The van der Waals surface area contributed by atoms with Gasteiger partial charge in [-0.05, 0) is 108 Å². The number of hydrogen-bond acceptors (Lipinski definition) is 5. The van der Waals surface area contributed by atoms with Gasteiger partial charge in [0.2, 0.25) is 5.91 Å². The number of halogens is 2. The van der Waals surface area contributed by atoms with Gasteiger partial charge >= 0.3 is 0 Å². The van der Waals surface area contributed by atoms with Crippen molar-refractivity contribution < 1.29 is 13.2 Å². The van der Waals surface area contributed by atoms with Crippen molar-refractivity contribution in [2.75, 3.05) is 32.7 Å². The summed E-state index contributed by atoms with van der Waals surface area (Å²) < 4.78 is 25.3. The van der Waals surface area contributed by atoms with Crippen LogP contribution in [0.3, 0.4) is 0 Å². The number of likely N-dealkylation sites (tertiary alicyclic amines) is 1. The number of amides is 1. The Kier molecular flexibility index (Phi) is 8.24. The number of aromatic nitrogens is 1. The summed E-state index contributed by atoms with van der Waals surface area (Å²) in [4.78, 5) is 20.3. The molecule has 0 radical (unpaired) electrons. The second-order valence-electron chi connectivity index (χ2n) is 10.4. The third-order valence-corrected chi connectivity index (χ3v) is 9.81. The van der Waals surface area contributed by atoms with E-state index in [9.17, 15) is 13.2 Å². The quantitative estimate of drug-likeness (QED) is 0.539. The molecule has 11 heteroatoms. The van der Waals surface area contributed by atoms with Gasteiger partial charge < -0.3 is 5.32 Å². The first-order valence-corrected chi connectivity index (χ1v) is 15.6. The third-order valence-electron chi connectivity index (χ3n) is 8.05. The molecule has 2 aliphatic heterocycles. The van der Waals surface area contributed by atoms with Crippen molar-refractivity contribution in [2.24, 2.45) is 17.0 Å². The van der Waals surface area contributed by atoms with E-state index in [-0.39, 0.29) is 23.8 Å². The Morgan fingerprint density at radius 2 is 1.78 bits per heavy atom. The van der Waals surface area contributed by atoms with Gasteiger partial charge in [-0.1, -0.05) is 17.7 Å². The average molecular weight is 611 g/mol. The third kappa shape index (κ3) is 6.20. The monoisotopic (exact) mass is 609 g/mol. The fourth-order valence-electron chi connectivity index (χ4n) is 5.96. The highest BCUT2D eigenvalue weighted by Gasteiger charge is 2.35. The molecule has 0 bridgehead atoms. The number of carbonyl (C=O) groups excluding carboxylic acids is 1. The van der Waals surface area contributed by atoms with E-state index >= 15 is 0 Å². The number of nitrogens with two attached hydrogens (primary N) is 1. The number of rotatable bonds is 5. The maximum absolute atomic E-state index is 13.0. The van der Waals surface area contributed by atoms with Crippen molar-refractivity contribution in [1.29, 1.82) is 0 Å². The van der Waals surface area contributed by atoms with Gasteiger partial charge in [-0.15, -0.1) is 0 Å². The van der Waals surface area contributed by atoms with Crippen LogP contribution in [0.5, 0.6) is 0 Å². The summed E-state index contributed by atoms with van der Waals surface area (Å²) >= 11 is 9.93. The molecule has 8 nitrogen and oxygen atoms in total. The van der Waals surface area contributed by atoms with Gasteiger partial charge in [0, 0.05) is 41.2 Å². The van der Waals surface area contributed by atoms with Crippen LogP contribution in [0.4, 0.5) is 0 Å². The molecule has 0 saturated carbocycles. The normalized spacial score (nSPS) is 22.2. The van der Waals surface area contributed by atoms with Gasteiger partial charge in [-0.3, -0.25) is 14.7 Å². The number of aryl methyl sites for hydroxylation is 2. The Morgan fingerprint density at radius 1 is 1.08 bits per heavy atom.